The van der Waals surface area contributed by atoms with E-state index in [9.17, 15) is 9.59 Å². The third kappa shape index (κ3) is 3.01. The summed E-state index contributed by atoms with van der Waals surface area (Å²) in [6.07, 6.45) is 0. The number of hydrogen-bond acceptors (Lipinski definition) is 2. The third-order valence-electron chi connectivity index (χ3n) is 3.93. The second-order valence-electron chi connectivity index (χ2n) is 5.68. The minimum atomic E-state index is -0.448. The van der Waals surface area contributed by atoms with Crippen molar-refractivity contribution in [2.75, 3.05) is 0 Å². The van der Waals surface area contributed by atoms with Crippen molar-refractivity contribution < 1.29 is 9.59 Å². The summed E-state index contributed by atoms with van der Waals surface area (Å²) in [5.74, 6) is -0.0814. The van der Waals surface area contributed by atoms with Crippen molar-refractivity contribution in [2.24, 2.45) is 0 Å². The van der Waals surface area contributed by atoms with Crippen molar-refractivity contribution >= 4 is 11.8 Å². The number of carbonyl (C=O) groups excluding carboxylic acids is 2. The molecule has 1 atom stereocenters. The summed E-state index contributed by atoms with van der Waals surface area (Å²) < 4.78 is 0. The van der Waals surface area contributed by atoms with Crippen molar-refractivity contribution in [2.45, 2.75) is 19.9 Å². The molecule has 0 aliphatic carbocycles. The minimum absolute atomic E-state index is 0.0814. The summed E-state index contributed by atoms with van der Waals surface area (Å²) in [4.78, 5) is 24.8. The van der Waals surface area contributed by atoms with Crippen LogP contribution in [0.15, 0.2) is 65.9 Å². The lowest BCUT2D eigenvalue weighted by molar-refractivity contribution is 0.102. The molecule has 23 heavy (non-hydrogen) atoms. The fraction of sp³-hybridized carbons (Fsp3) is 0.158. The third-order valence-corrected chi connectivity index (χ3v) is 3.93. The van der Waals surface area contributed by atoms with E-state index in [0.29, 0.717) is 16.8 Å². The number of urea groups is 1. The highest BCUT2D eigenvalue weighted by Gasteiger charge is 2.31. The number of ketones is 1. The van der Waals surface area contributed by atoms with Crippen LogP contribution >= 0.6 is 0 Å². The van der Waals surface area contributed by atoms with E-state index < -0.39 is 6.04 Å². The van der Waals surface area contributed by atoms with Crippen molar-refractivity contribution in [1.29, 1.82) is 0 Å². The average Bonchev–Trinajstić information content (AvgIpc) is 2.54. The van der Waals surface area contributed by atoms with Crippen molar-refractivity contribution in [3.63, 3.8) is 0 Å². The van der Waals surface area contributed by atoms with E-state index in [-0.39, 0.29) is 11.8 Å². The first kappa shape index (κ1) is 15.0. The van der Waals surface area contributed by atoms with E-state index in [2.05, 4.69) is 10.6 Å². The first-order valence-corrected chi connectivity index (χ1v) is 7.51. The lowest BCUT2D eigenvalue weighted by atomic mass is 9.89. The lowest BCUT2D eigenvalue weighted by Gasteiger charge is -2.29. The van der Waals surface area contributed by atoms with E-state index in [1.165, 1.54) is 0 Å². The predicted molar refractivity (Wildman–Crippen MR) is 89.1 cm³/mol. The zero-order chi connectivity index (χ0) is 16.4. The Balaban J connectivity index is 2.08. The Bertz CT molecular complexity index is 794. The molecule has 1 aliphatic rings. The largest absolute Gasteiger partial charge is 0.327 e. The van der Waals surface area contributed by atoms with Gasteiger partial charge in [0.25, 0.3) is 0 Å². The quantitative estimate of drug-likeness (QED) is 0.853. The number of Topliss-reactive ketones (excluding diaryl/α,β-unsaturated/α-hetero) is 1. The van der Waals surface area contributed by atoms with Gasteiger partial charge in [0.2, 0.25) is 0 Å². The number of benzene rings is 2. The Morgan fingerprint density at radius 2 is 1.74 bits per heavy atom. The van der Waals surface area contributed by atoms with Gasteiger partial charge in [-0.2, -0.15) is 0 Å². The Morgan fingerprint density at radius 3 is 2.43 bits per heavy atom. The maximum Gasteiger partial charge on any atom is 0.319 e. The first-order chi connectivity index (χ1) is 11.1. The highest BCUT2D eigenvalue weighted by Crippen LogP contribution is 2.29. The SMILES string of the molecule is CC1=C(C(=O)c2ccccc2)[C@@H](c2cccc(C)c2)NC(=O)N1. The molecule has 2 amide bonds. The molecule has 4 nitrogen and oxygen atoms in total. The van der Waals surface area contributed by atoms with E-state index in [1.54, 1.807) is 19.1 Å². The predicted octanol–water partition coefficient (Wildman–Crippen LogP) is 3.51. The summed E-state index contributed by atoms with van der Waals surface area (Å²) in [5.41, 5.74) is 3.76. The highest BCUT2D eigenvalue weighted by atomic mass is 16.2. The number of hydrogen-bond donors (Lipinski definition) is 2. The number of aryl methyl sites for hydroxylation is 1. The van der Waals surface area contributed by atoms with Crippen LogP contribution in [0.3, 0.4) is 0 Å². The van der Waals surface area contributed by atoms with Gasteiger partial charge >= 0.3 is 6.03 Å². The van der Waals surface area contributed by atoms with Gasteiger partial charge in [-0.25, -0.2) is 4.79 Å². The molecule has 1 aliphatic heterocycles. The van der Waals surface area contributed by atoms with E-state index in [0.717, 1.165) is 11.1 Å². The molecule has 0 fully saturated rings. The lowest BCUT2D eigenvalue weighted by Crippen LogP contribution is -2.45. The molecule has 4 heteroatoms. The maximum atomic E-state index is 12.9. The Morgan fingerprint density at radius 1 is 1.00 bits per heavy atom. The van der Waals surface area contributed by atoms with Gasteiger partial charge < -0.3 is 10.6 Å². The van der Waals surface area contributed by atoms with E-state index in [4.69, 9.17) is 0 Å². The Kier molecular flexibility index (Phi) is 3.98. The standard InChI is InChI=1S/C19H18N2O2/c1-12-7-6-10-15(11-12)17-16(13(2)20-19(23)21-17)18(22)14-8-4-3-5-9-14/h3-11,17H,1-2H3,(H2,20,21,23)/t17-/m1/s1. The van der Waals surface area contributed by atoms with Crippen LogP contribution in [0.4, 0.5) is 4.79 Å². The Hall–Kier alpha value is -2.88. The summed E-state index contributed by atoms with van der Waals surface area (Å²) in [6, 6.07) is 16.2. The number of amides is 2. The Labute approximate surface area is 135 Å². The van der Waals surface area contributed by atoms with Gasteiger partial charge in [-0.3, -0.25) is 4.79 Å². The van der Waals surface area contributed by atoms with Gasteiger partial charge in [-0.1, -0.05) is 60.2 Å². The summed E-state index contributed by atoms with van der Waals surface area (Å²) >= 11 is 0. The molecule has 2 N–H and O–H groups in total. The van der Waals surface area contributed by atoms with Crippen LogP contribution in [-0.2, 0) is 0 Å². The topological polar surface area (TPSA) is 58.2 Å². The van der Waals surface area contributed by atoms with Crippen molar-refractivity contribution in [1.82, 2.24) is 10.6 Å². The van der Waals surface area contributed by atoms with E-state index in [1.807, 2.05) is 49.4 Å². The van der Waals surface area contributed by atoms with Crippen LogP contribution in [0, 0.1) is 6.92 Å². The van der Waals surface area contributed by atoms with Gasteiger partial charge in [-0.15, -0.1) is 0 Å². The normalized spacial score (nSPS) is 17.5. The van der Waals surface area contributed by atoms with Crippen LogP contribution in [0.25, 0.3) is 0 Å². The number of carbonyl (C=O) groups is 2. The molecular formula is C19H18N2O2. The fourth-order valence-electron chi connectivity index (χ4n) is 2.84. The van der Waals surface area contributed by atoms with Crippen LogP contribution in [0.2, 0.25) is 0 Å². The second-order valence-corrected chi connectivity index (χ2v) is 5.68. The van der Waals surface area contributed by atoms with Gasteiger partial charge in [-0.05, 0) is 19.4 Å². The molecule has 0 bridgehead atoms. The molecule has 1 heterocycles. The maximum absolute atomic E-state index is 12.9. The molecule has 0 aromatic heterocycles. The summed E-state index contributed by atoms with van der Waals surface area (Å²) in [5, 5.41) is 5.57. The van der Waals surface area contributed by atoms with Crippen LogP contribution < -0.4 is 10.6 Å². The number of nitrogens with one attached hydrogen (secondary N) is 2. The zero-order valence-electron chi connectivity index (χ0n) is 13.1. The smallest absolute Gasteiger partial charge is 0.319 e. The summed E-state index contributed by atoms with van der Waals surface area (Å²) in [7, 11) is 0. The molecule has 0 unspecified atom stereocenters. The van der Waals surface area contributed by atoms with E-state index >= 15 is 0 Å². The monoisotopic (exact) mass is 306 g/mol. The number of rotatable bonds is 3. The van der Waals surface area contributed by atoms with Gasteiger partial charge in [0.05, 0.1) is 6.04 Å². The molecular weight excluding hydrogens is 288 g/mol. The first-order valence-electron chi connectivity index (χ1n) is 7.51. The summed E-state index contributed by atoms with van der Waals surface area (Å²) in [6.45, 7) is 3.75. The van der Waals surface area contributed by atoms with Crippen molar-refractivity contribution in [3.05, 3.63) is 82.6 Å². The van der Waals surface area contributed by atoms with Crippen LogP contribution in [0.5, 0.6) is 0 Å². The number of allylic oxidation sites excluding steroid dienone is 1. The average molecular weight is 306 g/mol. The minimum Gasteiger partial charge on any atom is -0.327 e. The van der Waals surface area contributed by atoms with Gasteiger partial charge in [0.1, 0.15) is 0 Å². The fourth-order valence-corrected chi connectivity index (χ4v) is 2.84. The van der Waals surface area contributed by atoms with Crippen LogP contribution in [-0.4, -0.2) is 11.8 Å². The molecule has 2 aromatic carbocycles. The van der Waals surface area contributed by atoms with Crippen molar-refractivity contribution in [3.8, 4) is 0 Å². The molecule has 116 valence electrons. The molecule has 0 saturated heterocycles. The molecule has 0 spiro atoms. The molecule has 3 rings (SSSR count). The van der Waals surface area contributed by atoms with Crippen LogP contribution in [0.1, 0.15) is 34.5 Å². The highest BCUT2D eigenvalue weighted by molar-refractivity contribution is 6.11. The second kappa shape index (κ2) is 6.08. The molecule has 0 radical (unpaired) electrons. The zero-order valence-corrected chi connectivity index (χ0v) is 13.1. The molecule has 2 aromatic rings. The van der Waals surface area contributed by atoms with Gasteiger partial charge in [0.15, 0.2) is 5.78 Å². The van der Waals surface area contributed by atoms with Gasteiger partial charge in [0, 0.05) is 16.8 Å². The molecule has 0 saturated carbocycles.